The van der Waals surface area contributed by atoms with E-state index in [0.29, 0.717) is 6.01 Å². The SMILES string of the molecule is Cc1cn(-c2ccc3ccccc3c2)cc1C.Cc1cn(-c2cccc3ccccc23)cc1C.Cc1cn(-c2ccccc2)c(C)c1C.Cc1cn(-c2ccccc2)cc1C.Cc1cn(C(C)(C)C)cc1C.Cc1nc(Oc2ccccc2)n(-c2ccccc2)c1C. The van der Waals surface area contributed by atoms with Gasteiger partial charge in [0.25, 0.3) is 0 Å². The predicted molar refractivity (Wildman–Crippen MR) is 389 cm³/mol. The number of hydrogen-bond acceptors (Lipinski definition) is 2. The lowest BCUT2D eigenvalue weighted by Crippen LogP contribution is -2.19. The summed E-state index contributed by atoms with van der Waals surface area (Å²) in [5.74, 6) is 0.787. The molecule has 0 amide bonds. The van der Waals surface area contributed by atoms with Crippen LogP contribution in [-0.2, 0) is 5.54 Å². The Hall–Kier alpha value is -10.3. The molecule has 6 aromatic heterocycles. The normalized spacial score (nSPS) is 10.8. The summed E-state index contributed by atoms with van der Waals surface area (Å²) in [5, 5.41) is 5.16. The quantitative estimate of drug-likeness (QED) is 0.160. The van der Waals surface area contributed by atoms with E-state index in [1.54, 1.807) is 0 Å². The summed E-state index contributed by atoms with van der Waals surface area (Å²) in [6.07, 6.45) is 19.7. The topological polar surface area (TPSA) is 51.7 Å². The molecular formula is C84H91N7O. The van der Waals surface area contributed by atoms with Crippen molar-refractivity contribution in [3.8, 4) is 40.2 Å². The van der Waals surface area contributed by atoms with E-state index in [9.17, 15) is 0 Å². The van der Waals surface area contributed by atoms with E-state index >= 15 is 0 Å². The van der Waals surface area contributed by atoms with E-state index in [-0.39, 0.29) is 5.54 Å². The van der Waals surface area contributed by atoms with Crippen LogP contribution in [0.25, 0.3) is 50.0 Å². The summed E-state index contributed by atoms with van der Waals surface area (Å²) in [7, 11) is 0. The van der Waals surface area contributed by atoms with Gasteiger partial charge in [-0.3, -0.25) is 4.57 Å². The van der Waals surface area contributed by atoms with Crippen LogP contribution in [0, 0.1) is 90.0 Å². The van der Waals surface area contributed by atoms with Crippen molar-refractivity contribution in [2.45, 2.75) is 116 Å². The first-order valence-electron chi connectivity index (χ1n) is 31.8. The Balaban J connectivity index is 0.000000132. The molecule has 0 fully saturated rings. The number of nitrogens with zero attached hydrogens (tertiary/aromatic N) is 7. The molecule has 8 nitrogen and oxygen atoms in total. The van der Waals surface area contributed by atoms with Gasteiger partial charge >= 0.3 is 6.01 Å². The zero-order valence-electron chi connectivity index (χ0n) is 56.9. The van der Waals surface area contributed by atoms with Gasteiger partial charge in [-0.25, -0.2) is 0 Å². The molecule has 0 aliphatic carbocycles. The maximum Gasteiger partial charge on any atom is 0.307 e. The minimum absolute atomic E-state index is 0.221. The third-order valence-corrected chi connectivity index (χ3v) is 17.2. The first-order chi connectivity index (χ1) is 44.1. The number of para-hydroxylation sites is 4. The van der Waals surface area contributed by atoms with Crippen LogP contribution in [0.15, 0.2) is 262 Å². The highest BCUT2D eigenvalue weighted by Crippen LogP contribution is 2.29. The molecule has 8 heteroatoms. The first kappa shape index (κ1) is 66.1. The number of rotatable bonds is 7. The molecule has 0 spiro atoms. The van der Waals surface area contributed by atoms with Crippen LogP contribution in [0.5, 0.6) is 11.8 Å². The Kier molecular flexibility index (Phi) is 21.6. The molecule has 0 aliphatic heterocycles. The van der Waals surface area contributed by atoms with Gasteiger partial charge < -0.3 is 27.6 Å². The largest absolute Gasteiger partial charge is 0.425 e. The first-order valence-corrected chi connectivity index (χ1v) is 31.8. The lowest BCUT2D eigenvalue weighted by atomic mass is 10.1. The molecule has 0 atom stereocenters. The fourth-order valence-electron chi connectivity index (χ4n) is 10.7. The van der Waals surface area contributed by atoms with E-state index < -0.39 is 0 Å². The monoisotopic (exact) mass is 1210 g/mol. The van der Waals surface area contributed by atoms with Gasteiger partial charge in [0.15, 0.2) is 0 Å². The van der Waals surface area contributed by atoms with Crippen LogP contribution in [0.2, 0.25) is 0 Å². The van der Waals surface area contributed by atoms with Gasteiger partial charge in [0.1, 0.15) is 5.75 Å². The highest BCUT2D eigenvalue weighted by atomic mass is 16.5. The van der Waals surface area contributed by atoms with Gasteiger partial charge in [-0.2, -0.15) is 4.98 Å². The Morgan fingerprint density at radius 2 is 0.750 bits per heavy atom. The molecule has 6 heterocycles. The van der Waals surface area contributed by atoms with Crippen LogP contribution in [0.4, 0.5) is 0 Å². The predicted octanol–water partition coefficient (Wildman–Crippen LogP) is 22.1. The molecule has 0 saturated carbocycles. The number of fused-ring (bicyclic) bond motifs is 2. The van der Waals surface area contributed by atoms with Crippen molar-refractivity contribution in [3.63, 3.8) is 0 Å². The Bertz CT molecular complexity index is 4560. The molecule has 14 aromatic rings. The molecule has 14 rings (SSSR count). The average molecular weight is 1210 g/mol. The molecular weight excluding hydrogens is 1120 g/mol. The molecule has 468 valence electrons. The molecule has 0 saturated heterocycles. The van der Waals surface area contributed by atoms with Gasteiger partial charge in [-0.1, -0.05) is 140 Å². The Labute approximate surface area is 547 Å². The smallest absolute Gasteiger partial charge is 0.307 e. The van der Waals surface area contributed by atoms with Crippen molar-refractivity contribution in [2.24, 2.45) is 0 Å². The van der Waals surface area contributed by atoms with Crippen molar-refractivity contribution in [2.75, 3.05) is 0 Å². The van der Waals surface area contributed by atoms with E-state index in [4.69, 9.17) is 4.74 Å². The molecule has 0 bridgehead atoms. The van der Waals surface area contributed by atoms with Crippen LogP contribution in [0.1, 0.15) is 93.5 Å². The highest BCUT2D eigenvalue weighted by molar-refractivity contribution is 5.90. The summed E-state index contributed by atoms with van der Waals surface area (Å²) in [5.41, 5.74) is 23.1. The number of imidazole rings is 1. The van der Waals surface area contributed by atoms with Crippen LogP contribution >= 0.6 is 0 Å². The zero-order valence-corrected chi connectivity index (χ0v) is 56.9. The minimum Gasteiger partial charge on any atom is -0.425 e. The second-order valence-electron chi connectivity index (χ2n) is 25.0. The van der Waals surface area contributed by atoms with Crippen LogP contribution in [0.3, 0.4) is 0 Å². The van der Waals surface area contributed by atoms with Crippen LogP contribution < -0.4 is 4.74 Å². The fraction of sp³-hybridized carbons (Fsp3) is 0.202. The van der Waals surface area contributed by atoms with Crippen molar-refractivity contribution >= 4 is 21.5 Å². The lowest BCUT2D eigenvalue weighted by Gasteiger charge is -2.20. The second-order valence-corrected chi connectivity index (χ2v) is 25.0. The van der Waals surface area contributed by atoms with E-state index in [2.05, 4.69) is 314 Å². The van der Waals surface area contributed by atoms with Gasteiger partial charge in [-0.05, 0) is 249 Å². The number of aromatic nitrogens is 7. The second kappa shape index (κ2) is 30.0. The third-order valence-electron chi connectivity index (χ3n) is 17.2. The third kappa shape index (κ3) is 16.5. The highest BCUT2D eigenvalue weighted by Gasteiger charge is 2.16. The summed E-state index contributed by atoms with van der Waals surface area (Å²) >= 11 is 0. The zero-order chi connectivity index (χ0) is 65.6. The summed E-state index contributed by atoms with van der Waals surface area (Å²) in [6.45, 7) is 34.3. The van der Waals surface area contributed by atoms with Gasteiger partial charge in [-0.15, -0.1) is 0 Å². The van der Waals surface area contributed by atoms with Crippen LogP contribution in [-0.4, -0.2) is 32.4 Å². The standard InChI is InChI=1S/C17H16N2O.2C16H15N.C13H15N.C12H13N.C10H17N/c1-13-14(2)19(15-9-5-3-6-10-15)17(18-13)20-16-11-7-4-8-12-16;1-12-10-17(11-13(12)2)16-9-5-7-14-6-3-4-8-15(14)16;1-12-10-17(11-13(12)2)16-8-7-14-5-3-4-6-15(14)9-16;1-10-9-14(12(3)11(10)2)13-7-5-4-6-8-13;1-10-8-13(9-11(10)2)12-6-4-3-5-7-12;1-8-6-11(7-9(8)2)10(3,4)5/h3-12H,1-2H3;2*3-11H,1-2H3;4-9H,1-3H3;3-9H,1-2H3;6-7H,1-5H3. The van der Waals surface area contributed by atoms with Gasteiger partial charge in [0.05, 0.1) is 17.1 Å². The molecule has 0 radical (unpaired) electrons. The summed E-state index contributed by atoms with van der Waals surface area (Å²) in [6, 6.07) is 71.2. The van der Waals surface area contributed by atoms with E-state index in [1.807, 2.05) is 91.2 Å². The number of benzene rings is 8. The Morgan fingerprint density at radius 3 is 1.25 bits per heavy atom. The van der Waals surface area contributed by atoms with Gasteiger partial charge in [0, 0.05) is 95.1 Å². The van der Waals surface area contributed by atoms with Crippen molar-refractivity contribution < 1.29 is 4.74 Å². The maximum atomic E-state index is 5.92. The van der Waals surface area contributed by atoms with Crippen molar-refractivity contribution in [1.82, 2.24) is 32.4 Å². The molecule has 8 aromatic carbocycles. The number of aryl methyl sites for hydroxylation is 10. The number of hydrogen-bond donors (Lipinski definition) is 0. The molecule has 0 N–H and O–H groups in total. The Morgan fingerprint density at radius 1 is 0.326 bits per heavy atom. The lowest BCUT2D eigenvalue weighted by molar-refractivity contribution is 0.398. The maximum absolute atomic E-state index is 5.92. The minimum atomic E-state index is 0.221. The van der Waals surface area contributed by atoms with Crippen molar-refractivity contribution in [1.29, 1.82) is 0 Å². The molecule has 0 aliphatic rings. The summed E-state index contributed by atoms with van der Waals surface area (Å²) in [4.78, 5) is 4.52. The molecule has 92 heavy (non-hydrogen) atoms. The molecule has 0 unspecified atom stereocenters. The summed E-state index contributed by atoms with van der Waals surface area (Å²) < 4.78 is 19.0. The van der Waals surface area contributed by atoms with E-state index in [1.165, 1.54) is 106 Å². The number of ether oxygens (including phenoxy) is 1. The van der Waals surface area contributed by atoms with Crippen molar-refractivity contribution in [3.05, 3.63) is 335 Å². The van der Waals surface area contributed by atoms with Gasteiger partial charge in [0.2, 0.25) is 0 Å². The van der Waals surface area contributed by atoms with E-state index in [0.717, 1.165) is 22.8 Å². The average Bonchev–Trinajstić information content (AvgIpc) is 1.69. The fourth-order valence-corrected chi connectivity index (χ4v) is 10.7.